The number of aromatic nitrogens is 1. The summed E-state index contributed by atoms with van der Waals surface area (Å²) >= 11 is 7.96. The number of likely N-dealkylation sites (N-methyl/N-ethyl adjacent to an activating group) is 1. The van der Waals surface area contributed by atoms with Gasteiger partial charge in [0.2, 0.25) is 0 Å². The van der Waals surface area contributed by atoms with Crippen LogP contribution < -0.4 is 18.7 Å². The fourth-order valence-corrected chi connectivity index (χ4v) is 8.24. The van der Waals surface area contributed by atoms with E-state index in [1.807, 2.05) is 18.0 Å². The molecule has 0 N–H and O–H groups in total. The second-order valence-corrected chi connectivity index (χ2v) is 13.6. The number of ether oxygens (including phenoxy) is 2. The van der Waals surface area contributed by atoms with Crippen LogP contribution in [-0.4, -0.2) is 58.7 Å². The SMILES string of the molecule is CCC(c1ccccc1)N1CC[C@H](N(C)c2cc(F)c(S(=O)(=O)N(Cc3ccc(OC)cc3OC)c3cscn3)cc2Cl)C1. The maximum absolute atomic E-state index is 15.9. The maximum atomic E-state index is 15.9. The van der Waals surface area contributed by atoms with Gasteiger partial charge in [0.1, 0.15) is 22.2 Å². The highest BCUT2D eigenvalue weighted by molar-refractivity contribution is 7.92. The van der Waals surface area contributed by atoms with E-state index in [4.69, 9.17) is 21.1 Å². The number of thiazole rings is 1. The van der Waals surface area contributed by atoms with Crippen molar-refractivity contribution in [2.45, 2.75) is 43.3 Å². The van der Waals surface area contributed by atoms with Crippen molar-refractivity contribution < 1.29 is 22.3 Å². The third kappa shape index (κ3) is 6.51. The van der Waals surface area contributed by atoms with E-state index >= 15 is 4.39 Å². The number of methoxy groups -OCH3 is 2. The smallest absolute Gasteiger partial charge is 0.268 e. The maximum Gasteiger partial charge on any atom is 0.268 e. The van der Waals surface area contributed by atoms with Gasteiger partial charge in [-0.3, -0.25) is 4.90 Å². The van der Waals surface area contributed by atoms with Crippen LogP contribution in [0.25, 0.3) is 0 Å². The number of rotatable bonds is 12. The Morgan fingerprint density at radius 1 is 1.14 bits per heavy atom. The Labute approximate surface area is 267 Å². The average Bonchev–Trinajstić information content (AvgIpc) is 3.74. The van der Waals surface area contributed by atoms with Crippen LogP contribution in [0.15, 0.2) is 76.4 Å². The van der Waals surface area contributed by atoms with Crippen LogP contribution in [0.2, 0.25) is 5.02 Å². The highest BCUT2D eigenvalue weighted by Gasteiger charge is 2.34. The number of nitrogens with zero attached hydrogens (tertiary/aromatic N) is 4. The molecule has 1 unspecified atom stereocenters. The number of sulfonamides is 1. The van der Waals surface area contributed by atoms with Crippen molar-refractivity contribution in [3.8, 4) is 11.5 Å². The molecule has 0 amide bonds. The molecule has 0 radical (unpaired) electrons. The zero-order chi connectivity index (χ0) is 31.4. The second-order valence-electron chi connectivity index (χ2n) is 10.7. The first kappa shape index (κ1) is 32.0. The van der Waals surface area contributed by atoms with Crippen molar-refractivity contribution in [1.29, 1.82) is 0 Å². The van der Waals surface area contributed by atoms with E-state index in [9.17, 15) is 8.42 Å². The van der Waals surface area contributed by atoms with Gasteiger partial charge < -0.3 is 14.4 Å². The molecule has 1 aliphatic rings. The Morgan fingerprint density at radius 3 is 2.57 bits per heavy atom. The summed E-state index contributed by atoms with van der Waals surface area (Å²) in [7, 11) is 0.471. The summed E-state index contributed by atoms with van der Waals surface area (Å²) in [6.07, 6.45) is 1.85. The van der Waals surface area contributed by atoms with Crippen LogP contribution in [0.3, 0.4) is 0 Å². The third-order valence-corrected chi connectivity index (χ3v) is 10.8. The van der Waals surface area contributed by atoms with Crippen molar-refractivity contribution in [2.75, 3.05) is 43.6 Å². The lowest BCUT2D eigenvalue weighted by Crippen LogP contribution is -2.36. The molecule has 2 heterocycles. The number of likely N-dealkylation sites (tertiary alicyclic amines) is 1. The Balaban J connectivity index is 1.41. The second kappa shape index (κ2) is 13.7. The monoisotopic (exact) mass is 658 g/mol. The van der Waals surface area contributed by atoms with Gasteiger partial charge in [0.25, 0.3) is 10.0 Å². The molecule has 1 fully saturated rings. The Hall–Kier alpha value is -3.38. The number of halogens is 2. The van der Waals surface area contributed by atoms with Crippen molar-refractivity contribution in [1.82, 2.24) is 9.88 Å². The van der Waals surface area contributed by atoms with Crippen molar-refractivity contribution in [2.24, 2.45) is 0 Å². The topological polar surface area (TPSA) is 75.2 Å². The minimum atomic E-state index is -4.43. The van der Waals surface area contributed by atoms with E-state index in [1.54, 1.807) is 23.6 Å². The largest absolute Gasteiger partial charge is 0.497 e. The first-order valence-corrected chi connectivity index (χ1v) is 17.1. The standard InChI is InChI=1S/C32H36ClFN4O4S2/c1-5-28(22-9-7-6-8-10-22)37-14-13-24(19-37)36(2)29-17-27(34)31(16-26(29)33)44(39,40)38(32-20-43-21-35-32)18-23-11-12-25(41-3)15-30(23)42-4/h6-12,15-17,20-21,24,28H,5,13-14,18-19H2,1-4H3/t24-,28?/m0/s1. The lowest BCUT2D eigenvalue weighted by Gasteiger charge is -2.31. The van der Waals surface area contributed by atoms with Gasteiger partial charge in [0.05, 0.1) is 37.0 Å². The van der Waals surface area contributed by atoms with Crippen LogP contribution >= 0.6 is 22.9 Å². The summed E-state index contributed by atoms with van der Waals surface area (Å²) in [4.78, 5) is 8.10. The summed E-state index contributed by atoms with van der Waals surface area (Å²) in [5, 5.41) is 1.75. The predicted octanol–water partition coefficient (Wildman–Crippen LogP) is 7.01. The lowest BCUT2D eigenvalue weighted by molar-refractivity contribution is 0.236. The first-order chi connectivity index (χ1) is 21.2. The van der Waals surface area contributed by atoms with Gasteiger partial charge in [-0.15, -0.1) is 11.3 Å². The van der Waals surface area contributed by atoms with Gasteiger partial charge >= 0.3 is 0 Å². The van der Waals surface area contributed by atoms with Gasteiger partial charge in [-0.05, 0) is 36.6 Å². The van der Waals surface area contributed by atoms with Gasteiger partial charge in [-0.25, -0.2) is 22.1 Å². The zero-order valence-electron chi connectivity index (χ0n) is 25.1. The Bertz CT molecular complexity index is 1680. The molecule has 8 nitrogen and oxygen atoms in total. The molecule has 4 aromatic rings. The van der Waals surface area contributed by atoms with Gasteiger partial charge in [-0.2, -0.15) is 0 Å². The lowest BCUT2D eigenvalue weighted by atomic mass is 10.0. The van der Waals surface area contributed by atoms with Crippen LogP contribution in [0.5, 0.6) is 11.5 Å². The number of benzene rings is 3. The summed E-state index contributed by atoms with van der Waals surface area (Å²) in [6.45, 7) is 3.71. The summed E-state index contributed by atoms with van der Waals surface area (Å²) in [5.74, 6) is 0.267. The predicted molar refractivity (Wildman–Crippen MR) is 174 cm³/mol. The highest BCUT2D eigenvalue weighted by Crippen LogP contribution is 2.37. The quantitative estimate of drug-likeness (QED) is 0.162. The van der Waals surface area contributed by atoms with Gasteiger partial charge in [0, 0.05) is 55.3 Å². The molecule has 234 valence electrons. The summed E-state index contributed by atoms with van der Waals surface area (Å²) < 4.78 is 55.8. The van der Waals surface area contributed by atoms with Gasteiger partial charge in [0.15, 0.2) is 5.82 Å². The molecule has 1 aromatic heterocycles. The third-order valence-electron chi connectivity index (χ3n) is 8.19. The van der Waals surface area contributed by atoms with E-state index in [-0.39, 0.29) is 29.5 Å². The molecule has 44 heavy (non-hydrogen) atoms. The molecule has 2 atom stereocenters. The highest BCUT2D eigenvalue weighted by atomic mass is 35.5. The fraction of sp³-hybridized carbons (Fsp3) is 0.344. The fourth-order valence-electron chi connectivity index (χ4n) is 5.80. The minimum absolute atomic E-state index is 0.0844. The van der Waals surface area contributed by atoms with Crippen LogP contribution in [-0.2, 0) is 16.6 Å². The van der Waals surface area contributed by atoms with E-state index in [0.29, 0.717) is 22.7 Å². The average molecular weight is 659 g/mol. The number of hydrogen-bond donors (Lipinski definition) is 0. The Kier molecular flexibility index (Phi) is 9.99. The van der Waals surface area contributed by atoms with Crippen LogP contribution in [0.4, 0.5) is 15.9 Å². The molecule has 0 aliphatic carbocycles. The van der Waals surface area contributed by atoms with Crippen molar-refractivity contribution in [3.63, 3.8) is 0 Å². The molecule has 1 saturated heterocycles. The molecule has 0 bridgehead atoms. The van der Waals surface area contributed by atoms with E-state index in [2.05, 4.69) is 41.1 Å². The Morgan fingerprint density at radius 2 is 1.91 bits per heavy atom. The molecule has 1 aliphatic heterocycles. The molecule has 0 saturated carbocycles. The summed E-state index contributed by atoms with van der Waals surface area (Å²) in [5.41, 5.74) is 3.80. The zero-order valence-corrected chi connectivity index (χ0v) is 27.5. The number of anilines is 2. The summed E-state index contributed by atoms with van der Waals surface area (Å²) in [6, 6.07) is 18.3. The molecular formula is C32H36ClFN4O4S2. The molecule has 12 heteroatoms. The van der Waals surface area contributed by atoms with Crippen LogP contribution in [0.1, 0.15) is 36.9 Å². The molecule has 0 spiro atoms. The minimum Gasteiger partial charge on any atom is -0.497 e. The number of hydrogen-bond acceptors (Lipinski definition) is 8. The van der Waals surface area contributed by atoms with Crippen molar-refractivity contribution in [3.05, 3.63) is 93.5 Å². The first-order valence-electron chi connectivity index (χ1n) is 14.3. The van der Waals surface area contributed by atoms with Crippen LogP contribution in [0, 0.1) is 5.82 Å². The molecule has 3 aromatic carbocycles. The van der Waals surface area contributed by atoms with Gasteiger partial charge in [-0.1, -0.05) is 48.9 Å². The van der Waals surface area contributed by atoms with E-state index in [1.165, 1.54) is 48.8 Å². The molecule has 5 rings (SSSR count). The molecular weight excluding hydrogens is 623 g/mol. The van der Waals surface area contributed by atoms with E-state index in [0.717, 1.165) is 30.2 Å². The normalized spacial score (nSPS) is 16.1. The van der Waals surface area contributed by atoms with Crippen molar-refractivity contribution >= 4 is 44.5 Å². The van der Waals surface area contributed by atoms with E-state index < -0.39 is 20.7 Å².